The molecule has 0 unspecified atom stereocenters. The van der Waals surface area contributed by atoms with Crippen molar-refractivity contribution in [3.63, 3.8) is 0 Å². The Morgan fingerprint density at radius 2 is 1.71 bits per heavy atom. The molecule has 6 heteroatoms. The molecule has 0 bridgehead atoms. The molecule has 0 aliphatic heterocycles. The molecule has 0 spiro atoms. The first kappa shape index (κ1) is 14.4. The van der Waals surface area contributed by atoms with Gasteiger partial charge in [-0.2, -0.15) is 0 Å². The number of nitro benzene ring substituents is 1. The van der Waals surface area contributed by atoms with E-state index in [9.17, 15) is 24.8 Å². The highest BCUT2D eigenvalue weighted by Crippen LogP contribution is 2.24. The molecule has 0 aliphatic carbocycles. The summed E-state index contributed by atoms with van der Waals surface area (Å²) in [5.41, 5.74) is -0.174. The number of carbonyl (C=O) groups excluding carboxylic acids is 2. The lowest BCUT2D eigenvalue weighted by molar-refractivity contribution is -0.384. The van der Waals surface area contributed by atoms with Gasteiger partial charge in [-0.15, -0.1) is 0 Å². The molecule has 21 heavy (non-hydrogen) atoms. The Hall–Kier alpha value is -3.02. The van der Waals surface area contributed by atoms with Gasteiger partial charge in [0.15, 0.2) is 11.6 Å². The lowest BCUT2D eigenvalue weighted by Gasteiger charge is -2.04. The highest BCUT2D eigenvalue weighted by atomic mass is 16.6. The number of nitro groups is 1. The van der Waals surface area contributed by atoms with Crippen LogP contribution in [0.25, 0.3) is 0 Å². The van der Waals surface area contributed by atoms with Gasteiger partial charge in [0.1, 0.15) is 5.75 Å². The van der Waals surface area contributed by atoms with Crippen LogP contribution in [0, 0.1) is 10.1 Å². The average Bonchev–Trinajstić information content (AvgIpc) is 2.48. The monoisotopic (exact) mass is 285 g/mol. The van der Waals surface area contributed by atoms with Gasteiger partial charge in [-0.05, 0) is 6.07 Å². The molecule has 2 aromatic rings. The lowest BCUT2D eigenvalue weighted by atomic mass is 10.0. The second kappa shape index (κ2) is 5.96. The maximum Gasteiger partial charge on any atom is 0.270 e. The Balaban J connectivity index is 2.23. The first-order valence-corrected chi connectivity index (χ1v) is 6.08. The lowest BCUT2D eigenvalue weighted by Crippen LogP contribution is -2.09. The Bertz CT molecular complexity index is 709. The Labute approximate surface area is 119 Å². The standard InChI is InChI=1S/C15H11NO5/c17-13-7-6-11(16(20)21)8-12(13)15(19)9-14(18)10-4-2-1-3-5-10/h1-8,17H,9H2. The van der Waals surface area contributed by atoms with Gasteiger partial charge < -0.3 is 5.11 Å². The summed E-state index contributed by atoms with van der Waals surface area (Å²) < 4.78 is 0. The predicted octanol–water partition coefficient (Wildman–Crippen LogP) is 2.76. The number of ketones is 2. The number of rotatable bonds is 5. The number of hydrogen-bond donors (Lipinski definition) is 1. The van der Waals surface area contributed by atoms with Crippen molar-refractivity contribution in [3.05, 3.63) is 69.8 Å². The van der Waals surface area contributed by atoms with Crippen molar-refractivity contribution in [2.24, 2.45) is 0 Å². The number of Topliss-reactive ketones (excluding diaryl/α,β-unsaturated/α-hetero) is 2. The first-order chi connectivity index (χ1) is 9.99. The molecular weight excluding hydrogens is 274 g/mol. The summed E-state index contributed by atoms with van der Waals surface area (Å²) in [4.78, 5) is 33.9. The third kappa shape index (κ3) is 3.30. The highest BCUT2D eigenvalue weighted by molar-refractivity contribution is 6.14. The van der Waals surface area contributed by atoms with Crippen molar-refractivity contribution >= 4 is 17.3 Å². The van der Waals surface area contributed by atoms with Crippen LogP contribution in [0.2, 0.25) is 0 Å². The second-order valence-corrected chi connectivity index (χ2v) is 4.35. The van der Waals surface area contributed by atoms with E-state index in [-0.39, 0.29) is 17.0 Å². The minimum Gasteiger partial charge on any atom is -0.507 e. The number of hydrogen-bond acceptors (Lipinski definition) is 5. The maximum atomic E-state index is 12.0. The zero-order chi connectivity index (χ0) is 15.4. The molecule has 2 rings (SSSR count). The van der Waals surface area contributed by atoms with Gasteiger partial charge in [-0.3, -0.25) is 19.7 Å². The van der Waals surface area contributed by atoms with Crippen LogP contribution in [0.4, 0.5) is 5.69 Å². The average molecular weight is 285 g/mol. The van der Waals surface area contributed by atoms with Crippen LogP contribution < -0.4 is 0 Å². The van der Waals surface area contributed by atoms with Gasteiger partial charge in [-0.25, -0.2) is 0 Å². The minimum absolute atomic E-state index is 0.228. The van der Waals surface area contributed by atoms with Crippen molar-refractivity contribution in [3.8, 4) is 5.75 Å². The molecule has 6 nitrogen and oxygen atoms in total. The van der Waals surface area contributed by atoms with Crippen LogP contribution in [-0.4, -0.2) is 21.6 Å². The number of nitrogens with zero attached hydrogens (tertiary/aromatic N) is 1. The summed E-state index contributed by atoms with van der Waals surface area (Å²) in [5, 5.41) is 20.3. The number of phenolic OH excluding ortho intramolecular Hbond substituents is 1. The molecular formula is C15H11NO5. The number of carbonyl (C=O) groups is 2. The molecule has 0 saturated heterocycles. The molecule has 0 heterocycles. The summed E-state index contributed by atoms with van der Waals surface area (Å²) >= 11 is 0. The molecule has 0 radical (unpaired) electrons. The van der Waals surface area contributed by atoms with Crippen molar-refractivity contribution in [2.45, 2.75) is 6.42 Å². The molecule has 0 fully saturated rings. The molecule has 106 valence electrons. The summed E-state index contributed by atoms with van der Waals surface area (Å²) in [6.07, 6.45) is -0.460. The Kier molecular flexibility index (Phi) is 4.08. The van der Waals surface area contributed by atoms with Crippen LogP contribution in [0.15, 0.2) is 48.5 Å². The van der Waals surface area contributed by atoms with Crippen molar-refractivity contribution in [2.75, 3.05) is 0 Å². The summed E-state index contributed by atoms with van der Waals surface area (Å²) in [5.74, 6) is -1.46. The number of benzene rings is 2. The highest BCUT2D eigenvalue weighted by Gasteiger charge is 2.19. The Morgan fingerprint density at radius 3 is 2.33 bits per heavy atom. The number of phenols is 1. The third-order valence-electron chi connectivity index (χ3n) is 2.91. The van der Waals surface area contributed by atoms with Crippen molar-refractivity contribution in [1.82, 2.24) is 0 Å². The van der Waals surface area contributed by atoms with Crippen LogP contribution in [0.1, 0.15) is 27.1 Å². The van der Waals surface area contributed by atoms with E-state index in [1.165, 1.54) is 0 Å². The molecule has 0 amide bonds. The van der Waals surface area contributed by atoms with Crippen LogP contribution >= 0.6 is 0 Å². The molecule has 1 N–H and O–H groups in total. The second-order valence-electron chi connectivity index (χ2n) is 4.35. The SMILES string of the molecule is O=C(CC(=O)c1cc([N+](=O)[O-])ccc1O)c1ccccc1. The first-order valence-electron chi connectivity index (χ1n) is 6.08. The Morgan fingerprint density at radius 1 is 1.05 bits per heavy atom. The molecule has 0 saturated carbocycles. The maximum absolute atomic E-state index is 12.0. The molecule has 0 aromatic heterocycles. The smallest absolute Gasteiger partial charge is 0.270 e. The molecule has 2 aromatic carbocycles. The number of aromatic hydroxyl groups is 1. The third-order valence-corrected chi connectivity index (χ3v) is 2.91. The van der Waals surface area contributed by atoms with E-state index < -0.39 is 22.9 Å². The summed E-state index contributed by atoms with van der Waals surface area (Å²) in [7, 11) is 0. The van der Waals surface area contributed by atoms with Crippen molar-refractivity contribution < 1.29 is 19.6 Å². The molecule has 0 atom stereocenters. The van der Waals surface area contributed by atoms with Gasteiger partial charge >= 0.3 is 0 Å². The zero-order valence-corrected chi connectivity index (χ0v) is 10.9. The number of non-ortho nitro benzene ring substituents is 1. The zero-order valence-electron chi connectivity index (χ0n) is 10.9. The minimum atomic E-state index is -0.671. The van der Waals surface area contributed by atoms with Gasteiger partial charge in [0.05, 0.1) is 16.9 Å². The largest absolute Gasteiger partial charge is 0.507 e. The molecule has 0 aliphatic rings. The van der Waals surface area contributed by atoms with Gasteiger partial charge in [0.25, 0.3) is 5.69 Å². The fraction of sp³-hybridized carbons (Fsp3) is 0.0667. The predicted molar refractivity (Wildman–Crippen MR) is 74.5 cm³/mol. The van der Waals surface area contributed by atoms with E-state index in [4.69, 9.17) is 0 Å². The fourth-order valence-corrected chi connectivity index (χ4v) is 1.83. The van der Waals surface area contributed by atoms with E-state index in [1.54, 1.807) is 30.3 Å². The quantitative estimate of drug-likeness (QED) is 0.394. The van der Waals surface area contributed by atoms with Crippen LogP contribution in [0.3, 0.4) is 0 Å². The topological polar surface area (TPSA) is 97.5 Å². The fourth-order valence-electron chi connectivity index (χ4n) is 1.83. The van der Waals surface area contributed by atoms with Crippen LogP contribution in [-0.2, 0) is 0 Å². The summed E-state index contributed by atoms with van der Waals surface area (Å²) in [6, 6.07) is 11.3. The van der Waals surface area contributed by atoms with E-state index in [0.717, 1.165) is 18.2 Å². The normalized spacial score (nSPS) is 10.1. The van der Waals surface area contributed by atoms with E-state index in [0.29, 0.717) is 5.56 Å². The van der Waals surface area contributed by atoms with Gasteiger partial charge in [-0.1, -0.05) is 30.3 Å². The summed E-state index contributed by atoms with van der Waals surface area (Å²) in [6.45, 7) is 0. The van der Waals surface area contributed by atoms with Gasteiger partial charge in [0.2, 0.25) is 0 Å². The van der Waals surface area contributed by atoms with E-state index >= 15 is 0 Å². The van der Waals surface area contributed by atoms with Crippen LogP contribution in [0.5, 0.6) is 5.75 Å². The van der Waals surface area contributed by atoms with E-state index in [1.807, 2.05) is 0 Å². The van der Waals surface area contributed by atoms with Crippen molar-refractivity contribution in [1.29, 1.82) is 0 Å². The van der Waals surface area contributed by atoms with E-state index in [2.05, 4.69) is 0 Å². The van der Waals surface area contributed by atoms with Gasteiger partial charge in [0, 0.05) is 17.7 Å².